The molecule has 126 valence electrons. The first-order valence-electron chi connectivity index (χ1n) is 8.34. The minimum Gasteiger partial charge on any atom is -0.619 e. The fourth-order valence-electron chi connectivity index (χ4n) is 3.29. The second-order valence-corrected chi connectivity index (χ2v) is 6.37. The Morgan fingerprint density at radius 3 is 2.83 bits per heavy atom. The van der Waals surface area contributed by atoms with Crippen LogP contribution in [0.2, 0.25) is 0 Å². The van der Waals surface area contributed by atoms with Crippen molar-refractivity contribution in [2.24, 2.45) is 5.92 Å². The van der Waals surface area contributed by atoms with Gasteiger partial charge in [-0.2, -0.15) is 4.73 Å². The van der Waals surface area contributed by atoms with Crippen LogP contribution in [0.5, 0.6) is 0 Å². The van der Waals surface area contributed by atoms with Crippen molar-refractivity contribution in [3.8, 4) is 0 Å². The van der Waals surface area contributed by atoms with Gasteiger partial charge in [0.25, 0.3) is 5.91 Å². The molecule has 0 N–H and O–H groups in total. The first kappa shape index (κ1) is 16.4. The fourth-order valence-corrected chi connectivity index (χ4v) is 3.29. The van der Waals surface area contributed by atoms with Crippen LogP contribution in [0.25, 0.3) is 0 Å². The minimum absolute atomic E-state index is 0.0222. The van der Waals surface area contributed by atoms with Gasteiger partial charge in [-0.25, -0.2) is 4.39 Å². The van der Waals surface area contributed by atoms with Gasteiger partial charge in [0.2, 0.25) is 0 Å². The lowest BCUT2D eigenvalue weighted by molar-refractivity contribution is -0.605. The molecular weight excluding hydrogens is 307 g/mol. The summed E-state index contributed by atoms with van der Waals surface area (Å²) in [5, 5.41) is 11.1. The first-order chi connectivity index (χ1) is 11.6. The molecule has 5 heteroatoms. The van der Waals surface area contributed by atoms with Gasteiger partial charge in [-0.15, -0.1) is 0 Å². The average Bonchev–Trinajstić information content (AvgIpc) is 2.60. The molecule has 0 saturated carbocycles. The Kier molecular flexibility index (Phi) is 5.08. The van der Waals surface area contributed by atoms with Gasteiger partial charge in [0.05, 0.1) is 5.56 Å². The van der Waals surface area contributed by atoms with Gasteiger partial charge in [0.15, 0.2) is 12.4 Å². The lowest BCUT2D eigenvalue weighted by Gasteiger charge is -2.33. The van der Waals surface area contributed by atoms with Crippen molar-refractivity contribution >= 4 is 5.91 Å². The molecule has 1 aromatic heterocycles. The van der Waals surface area contributed by atoms with Crippen LogP contribution in [-0.4, -0.2) is 23.9 Å². The van der Waals surface area contributed by atoms with Crippen molar-refractivity contribution in [3.63, 3.8) is 0 Å². The zero-order valence-electron chi connectivity index (χ0n) is 13.5. The predicted octanol–water partition coefficient (Wildman–Crippen LogP) is 2.94. The molecule has 0 radical (unpaired) electrons. The van der Waals surface area contributed by atoms with Crippen molar-refractivity contribution in [1.82, 2.24) is 4.90 Å². The van der Waals surface area contributed by atoms with Crippen LogP contribution >= 0.6 is 0 Å². The van der Waals surface area contributed by atoms with Gasteiger partial charge in [0.1, 0.15) is 5.82 Å². The standard InChI is InChI=1S/C19H21FN2O2/c20-18-5-1-3-15(13-18)6-7-16-4-2-10-21(14-16)19(23)17-8-11-22(24)12-9-17/h1,3,5,8-9,11-13,16H,2,4,6-7,10,14H2. The van der Waals surface area contributed by atoms with Crippen LogP contribution in [0.3, 0.4) is 0 Å². The molecule has 1 aliphatic heterocycles. The molecule has 0 bridgehead atoms. The number of carbonyl (C=O) groups is 1. The Morgan fingerprint density at radius 1 is 1.29 bits per heavy atom. The van der Waals surface area contributed by atoms with E-state index in [1.54, 1.807) is 24.3 Å². The average molecular weight is 328 g/mol. The van der Waals surface area contributed by atoms with Crippen LogP contribution in [0.1, 0.15) is 35.2 Å². The molecule has 1 atom stereocenters. The zero-order valence-corrected chi connectivity index (χ0v) is 13.5. The highest BCUT2D eigenvalue weighted by Gasteiger charge is 2.24. The number of pyridine rings is 1. The largest absolute Gasteiger partial charge is 0.619 e. The normalized spacial score (nSPS) is 17.7. The summed E-state index contributed by atoms with van der Waals surface area (Å²) in [6.07, 6.45) is 6.54. The zero-order chi connectivity index (χ0) is 16.9. The molecule has 1 fully saturated rings. The van der Waals surface area contributed by atoms with E-state index in [1.165, 1.54) is 18.5 Å². The number of piperidine rings is 1. The molecule has 1 aromatic carbocycles. The molecule has 1 saturated heterocycles. The second-order valence-electron chi connectivity index (χ2n) is 6.37. The Labute approximate surface area is 141 Å². The number of carbonyl (C=O) groups excluding carboxylic acids is 1. The van der Waals surface area contributed by atoms with E-state index in [0.29, 0.717) is 16.2 Å². The van der Waals surface area contributed by atoms with Crippen molar-refractivity contribution in [3.05, 3.63) is 70.9 Å². The number of rotatable bonds is 4. The lowest BCUT2D eigenvalue weighted by atomic mass is 9.91. The summed E-state index contributed by atoms with van der Waals surface area (Å²) in [5.74, 6) is 0.206. The summed E-state index contributed by atoms with van der Waals surface area (Å²) in [5.41, 5.74) is 1.55. The minimum atomic E-state index is -0.201. The van der Waals surface area contributed by atoms with E-state index in [1.807, 2.05) is 11.0 Å². The molecule has 24 heavy (non-hydrogen) atoms. The SMILES string of the molecule is O=C(c1cc[n+]([O-])cc1)N1CCCC(CCc2cccc(F)c2)C1. The third-order valence-corrected chi connectivity index (χ3v) is 4.59. The van der Waals surface area contributed by atoms with E-state index >= 15 is 0 Å². The molecule has 1 amide bonds. The number of nitrogens with zero attached hydrogens (tertiary/aromatic N) is 2. The molecule has 0 aliphatic carbocycles. The summed E-state index contributed by atoms with van der Waals surface area (Å²) in [4.78, 5) is 14.4. The summed E-state index contributed by atoms with van der Waals surface area (Å²) >= 11 is 0. The Hall–Kier alpha value is -2.43. The monoisotopic (exact) mass is 328 g/mol. The lowest BCUT2D eigenvalue weighted by Crippen LogP contribution is -2.40. The van der Waals surface area contributed by atoms with E-state index in [-0.39, 0.29) is 11.7 Å². The van der Waals surface area contributed by atoms with Gasteiger partial charge >= 0.3 is 0 Å². The van der Waals surface area contributed by atoms with Gasteiger partial charge < -0.3 is 10.1 Å². The van der Waals surface area contributed by atoms with Crippen LogP contribution < -0.4 is 4.73 Å². The highest BCUT2D eigenvalue weighted by atomic mass is 19.1. The molecule has 2 aromatic rings. The van der Waals surface area contributed by atoms with Gasteiger partial charge in [-0.3, -0.25) is 4.79 Å². The molecule has 0 spiro atoms. The van der Waals surface area contributed by atoms with Crippen molar-refractivity contribution in [2.75, 3.05) is 13.1 Å². The Morgan fingerprint density at radius 2 is 2.08 bits per heavy atom. The number of hydrogen-bond donors (Lipinski definition) is 0. The summed E-state index contributed by atoms with van der Waals surface area (Å²) in [7, 11) is 0. The van der Waals surface area contributed by atoms with E-state index in [2.05, 4.69) is 0 Å². The second kappa shape index (κ2) is 7.43. The van der Waals surface area contributed by atoms with Gasteiger partial charge in [-0.05, 0) is 49.3 Å². The first-order valence-corrected chi connectivity index (χ1v) is 8.34. The molecule has 2 heterocycles. The number of aromatic nitrogens is 1. The highest BCUT2D eigenvalue weighted by molar-refractivity contribution is 5.94. The van der Waals surface area contributed by atoms with E-state index < -0.39 is 0 Å². The van der Waals surface area contributed by atoms with Crippen molar-refractivity contribution in [1.29, 1.82) is 0 Å². The maximum absolute atomic E-state index is 13.2. The van der Waals surface area contributed by atoms with E-state index in [9.17, 15) is 14.4 Å². The Bertz CT molecular complexity index is 703. The fraction of sp³-hybridized carbons (Fsp3) is 0.368. The maximum Gasteiger partial charge on any atom is 0.254 e. The smallest absolute Gasteiger partial charge is 0.254 e. The highest BCUT2D eigenvalue weighted by Crippen LogP contribution is 2.23. The predicted molar refractivity (Wildman–Crippen MR) is 88.8 cm³/mol. The third-order valence-electron chi connectivity index (χ3n) is 4.59. The van der Waals surface area contributed by atoms with E-state index in [0.717, 1.165) is 44.3 Å². The maximum atomic E-state index is 13.2. The van der Waals surface area contributed by atoms with Crippen LogP contribution in [-0.2, 0) is 6.42 Å². The summed E-state index contributed by atoms with van der Waals surface area (Å²) in [6, 6.07) is 9.83. The number of aryl methyl sites for hydroxylation is 1. The van der Waals surface area contributed by atoms with Crippen LogP contribution in [0, 0.1) is 16.9 Å². The van der Waals surface area contributed by atoms with Crippen LogP contribution in [0.4, 0.5) is 4.39 Å². The topological polar surface area (TPSA) is 47.2 Å². The summed E-state index contributed by atoms with van der Waals surface area (Å²) in [6.45, 7) is 1.47. The number of hydrogen-bond acceptors (Lipinski definition) is 2. The summed E-state index contributed by atoms with van der Waals surface area (Å²) < 4.78 is 13.9. The number of amides is 1. The number of halogens is 1. The molecule has 1 aliphatic rings. The van der Waals surface area contributed by atoms with Crippen LogP contribution in [0.15, 0.2) is 48.8 Å². The molecular formula is C19H21FN2O2. The molecule has 1 unspecified atom stereocenters. The quantitative estimate of drug-likeness (QED) is 0.640. The number of benzene rings is 1. The van der Waals surface area contributed by atoms with Gasteiger partial charge in [-0.1, -0.05) is 12.1 Å². The molecule has 4 nitrogen and oxygen atoms in total. The van der Waals surface area contributed by atoms with Crippen molar-refractivity contribution < 1.29 is 13.9 Å². The Balaban J connectivity index is 1.57. The van der Waals surface area contributed by atoms with E-state index in [4.69, 9.17) is 0 Å². The number of likely N-dealkylation sites (tertiary alicyclic amines) is 1. The molecule has 3 rings (SSSR count). The van der Waals surface area contributed by atoms with Crippen molar-refractivity contribution in [2.45, 2.75) is 25.7 Å². The third kappa shape index (κ3) is 4.10. The van der Waals surface area contributed by atoms with Gasteiger partial charge in [0, 0.05) is 25.2 Å².